The number of hydrogen-bond donors (Lipinski definition) is 2. The Balaban J connectivity index is 1.19. The SMILES string of the molecule is COc1ccc(C2(C(=O)NCCC3CCN(C(=O)Nc4cccc(F)c4)CC3)CC2)cc1. The zero-order valence-corrected chi connectivity index (χ0v) is 18.4. The number of halogens is 1. The number of urea groups is 1. The van der Waals surface area contributed by atoms with Gasteiger partial charge in [0.15, 0.2) is 0 Å². The van der Waals surface area contributed by atoms with Gasteiger partial charge in [-0.15, -0.1) is 0 Å². The molecule has 2 N–H and O–H groups in total. The number of carbonyl (C=O) groups is 2. The molecule has 2 aromatic carbocycles. The zero-order chi connectivity index (χ0) is 22.6. The number of piperidine rings is 1. The van der Waals surface area contributed by atoms with Crippen LogP contribution in [0.25, 0.3) is 0 Å². The Bertz CT molecular complexity index is 951. The highest BCUT2D eigenvalue weighted by Crippen LogP contribution is 2.48. The van der Waals surface area contributed by atoms with E-state index < -0.39 is 0 Å². The van der Waals surface area contributed by atoms with Gasteiger partial charge in [-0.1, -0.05) is 18.2 Å². The number of anilines is 1. The summed E-state index contributed by atoms with van der Waals surface area (Å²) in [5.41, 5.74) is 1.13. The van der Waals surface area contributed by atoms with Gasteiger partial charge in [0.1, 0.15) is 11.6 Å². The van der Waals surface area contributed by atoms with Crippen LogP contribution in [0.4, 0.5) is 14.9 Å². The smallest absolute Gasteiger partial charge is 0.321 e. The van der Waals surface area contributed by atoms with E-state index in [9.17, 15) is 14.0 Å². The van der Waals surface area contributed by atoms with Gasteiger partial charge in [0.2, 0.25) is 5.91 Å². The van der Waals surface area contributed by atoms with Crippen LogP contribution in [0.2, 0.25) is 0 Å². The minimum absolute atomic E-state index is 0.106. The molecule has 1 heterocycles. The van der Waals surface area contributed by atoms with Crippen molar-refractivity contribution in [1.29, 1.82) is 0 Å². The monoisotopic (exact) mass is 439 g/mol. The molecule has 2 fully saturated rings. The lowest BCUT2D eigenvalue weighted by Crippen LogP contribution is -2.42. The molecule has 3 amide bonds. The van der Waals surface area contributed by atoms with Crippen LogP contribution >= 0.6 is 0 Å². The van der Waals surface area contributed by atoms with Crippen molar-refractivity contribution in [2.24, 2.45) is 5.92 Å². The van der Waals surface area contributed by atoms with Gasteiger partial charge in [0.05, 0.1) is 12.5 Å². The molecular formula is C25H30FN3O3. The number of nitrogens with zero attached hydrogens (tertiary/aromatic N) is 1. The van der Waals surface area contributed by atoms with Crippen LogP contribution in [-0.2, 0) is 10.2 Å². The van der Waals surface area contributed by atoms with E-state index >= 15 is 0 Å². The lowest BCUT2D eigenvalue weighted by Gasteiger charge is -2.32. The first-order chi connectivity index (χ1) is 15.5. The predicted molar refractivity (Wildman–Crippen MR) is 121 cm³/mol. The maximum atomic E-state index is 13.3. The first kappa shape index (κ1) is 22.1. The lowest BCUT2D eigenvalue weighted by atomic mass is 9.92. The molecule has 1 aliphatic heterocycles. The highest BCUT2D eigenvalue weighted by molar-refractivity contribution is 5.91. The Labute approximate surface area is 188 Å². The Kier molecular flexibility index (Phi) is 6.63. The number of amides is 3. The second-order valence-corrected chi connectivity index (χ2v) is 8.73. The van der Waals surface area contributed by atoms with Crippen molar-refractivity contribution < 1.29 is 18.7 Å². The molecule has 0 radical (unpaired) electrons. The van der Waals surface area contributed by atoms with Crippen molar-refractivity contribution in [3.8, 4) is 5.75 Å². The Hall–Kier alpha value is -3.09. The molecule has 7 heteroatoms. The van der Waals surface area contributed by atoms with E-state index in [1.807, 2.05) is 24.3 Å². The lowest BCUT2D eigenvalue weighted by molar-refractivity contribution is -0.123. The molecule has 4 rings (SSSR count). The topological polar surface area (TPSA) is 70.7 Å². The molecular weight excluding hydrogens is 409 g/mol. The third-order valence-corrected chi connectivity index (χ3v) is 6.64. The van der Waals surface area contributed by atoms with Crippen LogP contribution in [0.5, 0.6) is 5.75 Å². The maximum absolute atomic E-state index is 13.3. The maximum Gasteiger partial charge on any atom is 0.321 e. The number of carbonyl (C=O) groups excluding carboxylic acids is 2. The second-order valence-electron chi connectivity index (χ2n) is 8.73. The molecule has 6 nitrogen and oxygen atoms in total. The molecule has 1 aliphatic carbocycles. The van der Waals surface area contributed by atoms with Crippen LogP contribution in [0.3, 0.4) is 0 Å². The summed E-state index contributed by atoms with van der Waals surface area (Å²) in [5, 5.41) is 5.89. The minimum atomic E-state index is -0.384. The van der Waals surface area contributed by atoms with E-state index in [-0.39, 0.29) is 23.2 Å². The summed E-state index contributed by atoms with van der Waals surface area (Å²) in [6.07, 6.45) is 4.46. The normalized spacial score (nSPS) is 17.5. The van der Waals surface area contributed by atoms with Crippen molar-refractivity contribution in [3.05, 3.63) is 59.9 Å². The third-order valence-electron chi connectivity index (χ3n) is 6.64. The number of likely N-dealkylation sites (tertiary alicyclic amines) is 1. The molecule has 0 atom stereocenters. The highest BCUT2D eigenvalue weighted by atomic mass is 19.1. The third kappa shape index (κ3) is 5.03. The number of nitrogens with one attached hydrogen (secondary N) is 2. The average Bonchev–Trinajstić information content (AvgIpc) is 3.62. The van der Waals surface area contributed by atoms with Crippen LogP contribution in [0.15, 0.2) is 48.5 Å². The standard InChI is InChI=1S/C25H30FN3O3/c1-32-22-7-5-19(6-8-22)25(12-13-25)23(30)27-14-9-18-10-15-29(16-11-18)24(31)28-21-4-2-3-20(26)17-21/h2-8,17-18H,9-16H2,1H3,(H,27,30)(H,28,31). The van der Waals surface area contributed by atoms with Gasteiger partial charge in [0, 0.05) is 25.3 Å². The van der Waals surface area contributed by atoms with E-state index in [2.05, 4.69) is 10.6 Å². The summed E-state index contributed by atoms with van der Waals surface area (Å²) in [5.74, 6) is 1.00. The first-order valence-electron chi connectivity index (χ1n) is 11.2. The number of benzene rings is 2. The molecule has 32 heavy (non-hydrogen) atoms. The van der Waals surface area contributed by atoms with Gasteiger partial charge < -0.3 is 20.3 Å². The van der Waals surface area contributed by atoms with Crippen molar-refractivity contribution in [3.63, 3.8) is 0 Å². The van der Waals surface area contributed by atoms with E-state index in [0.717, 1.165) is 43.4 Å². The number of ether oxygens (including phenoxy) is 1. The van der Waals surface area contributed by atoms with Crippen molar-refractivity contribution in [1.82, 2.24) is 10.2 Å². The highest BCUT2D eigenvalue weighted by Gasteiger charge is 2.51. The largest absolute Gasteiger partial charge is 0.497 e. The van der Waals surface area contributed by atoms with Crippen molar-refractivity contribution in [2.75, 3.05) is 32.1 Å². The summed E-state index contributed by atoms with van der Waals surface area (Å²) in [4.78, 5) is 27.0. The molecule has 170 valence electrons. The fourth-order valence-corrected chi connectivity index (χ4v) is 4.43. The van der Waals surface area contributed by atoms with E-state index in [1.165, 1.54) is 12.1 Å². The molecule has 0 bridgehead atoms. The van der Waals surface area contributed by atoms with E-state index in [1.54, 1.807) is 24.1 Å². The molecule has 2 aliphatic rings. The molecule has 1 saturated heterocycles. The zero-order valence-electron chi connectivity index (χ0n) is 18.4. The summed E-state index contributed by atoms with van der Waals surface area (Å²) in [6, 6.07) is 13.5. The fraction of sp³-hybridized carbons (Fsp3) is 0.440. The van der Waals surface area contributed by atoms with Gasteiger partial charge in [-0.2, -0.15) is 0 Å². The Morgan fingerprint density at radius 2 is 1.84 bits per heavy atom. The molecule has 1 saturated carbocycles. The van der Waals surface area contributed by atoms with E-state index in [0.29, 0.717) is 31.2 Å². The van der Waals surface area contributed by atoms with Gasteiger partial charge >= 0.3 is 6.03 Å². The summed E-state index contributed by atoms with van der Waals surface area (Å²) in [6.45, 7) is 1.97. The first-order valence-corrected chi connectivity index (χ1v) is 11.2. The molecule has 0 spiro atoms. The van der Waals surface area contributed by atoms with Gasteiger partial charge in [-0.25, -0.2) is 9.18 Å². The van der Waals surface area contributed by atoms with Crippen LogP contribution in [0.1, 0.15) is 37.7 Å². The van der Waals surface area contributed by atoms with Gasteiger partial charge in [0.25, 0.3) is 0 Å². The van der Waals surface area contributed by atoms with Crippen LogP contribution in [0, 0.1) is 11.7 Å². The number of hydrogen-bond acceptors (Lipinski definition) is 3. The summed E-state index contributed by atoms with van der Waals surface area (Å²) in [7, 11) is 1.63. The Morgan fingerprint density at radius 3 is 2.47 bits per heavy atom. The van der Waals surface area contributed by atoms with Gasteiger partial charge in [-0.05, 0) is 73.9 Å². The molecule has 0 unspecified atom stereocenters. The molecule has 2 aromatic rings. The predicted octanol–water partition coefficient (Wildman–Crippen LogP) is 4.32. The van der Waals surface area contributed by atoms with Crippen LogP contribution in [-0.4, -0.2) is 43.6 Å². The summed E-state index contributed by atoms with van der Waals surface area (Å²) >= 11 is 0. The van der Waals surface area contributed by atoms with Crippen LogP contribution < -0.4 is 15.4 Å². The minimum Gasteiger partial charge on any atom is -0.497 e. The number of methoxy groups -OCH3 is 1. The Morgan fingerprint density at radius 1 is 1.12 bits per heavy atom. The summed E-state index contributed by atoms with van der Waals surface area (Å²) < 4.78 is 18.5. The fourth-order valence-electron chi connectivity index (χ4n) is 4.43. The quantitative estimate of drug-likeness (QED) is 0.675. The van der Waals surface area contributed by atoms with Crippen molar-refractivity contribution >= 4 is 17.6 Å². The van der Waals surface area contributed by atoms with Crippen molar-refractivity contribution in [2.45, 2.75) is 37.5 Å². The van der Waals surface area contributed by atoms with E-state index in [4.69, 9.17) is 4.74 Å². The van der Waals surface area contributed by atoms with Gasteiger partial charge in [-0.3, -0.25) is 4.79 Å². The molecule has 0 aromatic heterocycles. The average molecular weight is 440 g/mol. The number of rotatable bonds is 7. The second kappa shape index (κ2) is 9.59.